The summed E-state index contributed by atoms with van der Waals surface area (Å²) in [6, 6.07) is 0.912. The van der Waals surface area contributed by atoms with Crippen LogP contribution in [-0.2, 0) is 36.8 Å². The number of H-pyrrole nitrogens is 1. The zero-order valence-corrected chi connectivity index (χ0v) is 21.6. The van der Waals surface area contributed by atoms with E-state index < -0.39 is 60.2 Å². The van der Waals surface area contributed by atoms with E-state index in [0.29, 0.717) is 11.3 Å². The van der Waals surface area contributed by atoms with Gasteiger partial charge in [-0.2, -0.15) is 0 Å². The molecule has 4 unspecified atom stereocenters. The van der Waals surface area contributed by atoms with E-state index in [1.54, 1.807) is 13.8 Å². The number of phenolic OH excluding ortho intramolecular Hbond substituents is 1. The number of hydrogen-bond donors (Lipinski definition) is 8. The molecule has 4 atom stereocenters. The third kappa shape index (κ3) is 10.1. The highest BCUT2D eigenvalue weighted by Crippen LogP contribution is 2.12. The van der Waals surface area contributed by atoms with Crippen molar-refractivity contribution in [3.05, 3.63) is 48.0 Å². The van der Waals surface area contributed by atoms with Crippen LogP contribution in [0.25, 0.3) is 0 Å². The molecule has 0 spiro atoms. The molecule has 9 N–H and O–H groups in total. The molecule has 0 bridgehead atoms. The number of nitrogens with two attached hydrogens (primary N) is 1. The maximum Gasteiger partial charge on any atom is 0.326 e. The highest BCUT2D eigenvalue weighted by Gasteiger charge is 2.31. The number of imidazole rings is 1. The number of amides is 3. The fourth-order valence-electron chi connectivity index (χ4n) is 3.54. The van der Waals surface area contributed by atoms with E-state index in [4.69, 9.17) is 10.8 Å². The van der Waals surface area contributed by atoms with Crippen molar-refractivity contribution in [2.45, 2.75) is 63.7 Å². The summed E-state index contributed by atoms with van der Waals surface area (Å²) in [6.07, 6.45) is 1.89. The summed E-state index contributed by atoms with van der Waals surface area (Å²) in [5, 5.41) is 35.4. The van der Waals surface area contributed by atoms with E-state index in [1.807, 2.05) is 0 Å². The first-order valence-corrected chi connectivity index (χ1v) is 12.2. The Morgan fingerprint density at radius 1 is 0.897 bits per heavy atom. The van der Waals surface area contributed by atoms with Crippen LogP contribution in [0.5, 0.6) is 5.75 Å². The molecule has 39 heavy (non-hydrogen) atoms. The van der Waals surface area contributed by atoms with Crippen molar-refractivity contribution in [1.82, 2.24) is 25.9 Å². The minimum atomic E-state index is -1.52. The fraction of sp³-hybridized carbons (Fsp3) is 0.440. The van der Waals surface area contributed by atoms with Crippen LogP contribution in [0.2, 0.25) is 0 Å². The Kier molecular flexibility index (Phi) is 11.4. The summed E-state index contributed by atoms with van der Waals surface area (Å²) in [5.74, 6) is -5.11. The number of benzene rings is 1. The van der Waals surface area contributed by atoms with Crippen LogP contribution in [-0.4, -0.2) is 79.1 Å². The van der Waals surface area contributed by atoms with Crippen molar-refractivity contribution < 1.29 is 39.3 Å². The Morgan fingerprint density at radius 2 is 1.46 bits per heavy atom. The van der Waals surface area contributed by atoms with Gasteiger partial charge in [0.1, 0.15) is 23.9 Å². The number of carboxylic acids is 2. The van der Waals surface area contributed by atoms with Crippen molar-refractivity contribution in [3.63, 3.8) is 0 Å². The van der Waals surface area contributed by atoms with E-state index in [1.165, 1.54) is 36.8 Å². The predicted molar refractivity (Wildman–Crippen MR) is 137 cm³/mol. The van der Waals surface area contributed by atoms with Crippen LogP contribution in [0.4, 0.5) is 0 Å². The molecule has 1 aromatic heterocycles. The second-order valence-electron chi connectivity index (χ2n) is 9.38. The number of rotatable bonds is 15. The van der Waals surface area contributed by atoms with Crippen LogP contribution in [0.1, 0.15) is 37.9 Å². The molecule has 2 aromatic rings. The average molecular weight is 547 g/mol. The number of phenols is 1. The highest BCUT2D eigenvalue weighted by molar-refractivity contribution is 5.94. The number of carbonyl (C=O) groups excluding carboxylic acids is 3. The Bertz CT molecular complexity index is 1140. The first kappa shape index (κ1) is 30.8. The quantitative estimate of drug-likeness (QED) is 0.140. The van der Waals surface area contributed by atoms with Crippen molar-refractivity contribution in [2.75, 3.05) is 0 Å². The summed E-state index contributed by atoms with van der Waals surface area (Å²) in [6.45, 7) is 3.49. The van der Waals surface area contributed by atoms with Crippen molar-refractivity contribution >= 4 is 29.7 Å². The second-order valence-corrected chi connectivity index (χ2v) is 9.38. The number of aliphatic carboxylic acids is 2. The lowest BCUT2D eigenvalue weighted by Crippen LogP contribution is -2.58. The fourth-order valence-corrected chi connectivity index (χ4v) is 3.54. The molecule has 0 aliphatic carbocycles. The van der Waals surface area contributed by atoms with E-state index in [-0.39, 0.29) is 30.9 Å². The van der Waals surface area contributed by atoms with Gasteiger partial charge in [0.2, 0.25) is 17.7 Å². The first-order valence-electron chi connectivity index (χ1n) is 12.2. The van der Waals surface area contributed by atoms with Crippen LogP contribution in [0.15, 0.2) is 36.8 Å². The Hall–Kier alpha value is -4.46. The van der Waals surface area contributed by atoms with E-state index in [0.717, 1.165) is 0 Å². The number of carbonyl (C=O) groups is 5. The number of aromatic hydroxyl groups is 1. The molecule has 14 heteroatoms. The minimum Gasteiger partial charge on any atom is -0.508 e. The molecule has 0 aliphatic heterocycles. The molecule has 3 amide bonds. The maximum atomic E-state index is 13.4. The third-order valence-corrected chi connectivity index (χ3v) is 5.90. The molecular formula is C25H34N6O8. The van der Waals surface area contributed by atoms with E-state index in [9.17, 15) is 34.2 Å². The molecule has 2 rings (SSSR count). The van der Waals surface area contributed by atoms with Gasteiger partial charge in [0.25, 0.3) is 0 Å². The lowest BCUT2D eigenvalue weighted by atomic mass is 10.0. The van der Waals surface area contributed by atoms with Crippen LogP contribution >= 0.6 is 0 Å². The topological polar surface area (TPSA) is 237 Å². The summed E-state index contributed by atoms with van der Waals surface area (Å²) in [4.78, 5) is 68.5. The van der Waals surface area contributed by atoms with Gasteiger partial charge in [0, 0.05) is 31.2 Å². The lowest BCUT2D eigenvalue weighted by molar-refractivity contribution is -0.143. The summed E-state index contributed by atoms with van der Waals surface area (Å²) < 4.78 is 0. The van der Waals surface area contributed by atoms with Crippen molar-refractivity contribution in [2.24, 2.45) is 11.7 Å². The van der Waals surface area contributed by atoms with Gasteiger partial charge in [-0.15, -0.1) is 0 Å². The van der Waals surface area contributed by atoms with E-state index in [2.05, 4.69) is 25.9 Å². The smallest absolute Gasteiger partial charge is 0.326 e. The average Bonchev–Trinajstić information content (AvgIpc) is 3.39. The number of aromatic nitrogens is 2. The van der Waals surface area contributed by atoms with Crippen molar-refractivity contribution in [3.8, 4) is 5.75 Å². The summed E-state index contributed by atoms with van der Waals surface area (Å²) >= 11 is 0. The molecule has 0 saturated heterocycles. The molecular weight excluding hydrogens is 512 g/mol. The van der Waals surface area contributed by atoms with Crippen LogP contribution < -0.4 is 21.7 Å². The SMILES string of the molecule is CC(C)C(N)C(=O)NC(Cc1cnc[nH]1)C(=O)NC(Cc1ccc(O)cc1)C(=O)NC(CCC(=O)O)C(=O)O. The molecule has 0 aliphatic rings. The number of aromatic amines is 1. The van der Waals surface area contributed by atoms with Gasteiger partial charge in [0.05, 0.1) is 12.4 Å². The van der Waals surface area contributed by atoms with Crippen LogP contribution in [0, 0.1) is 5.92 Å². The summed E-state index contributed by atoms with van der Waals surface area (Å²) in [7, 11) is 0. The zero-order chi connectivity index (χ0) is 29.1. The van der Waals surface area contributed by atoms with Crippen LogP contribution in [0.3, 0.4) is 0 Å². The molecule has 0 saturated carbocycles. The number of hydrogen-bond acceptors (Lipinski definition) is 8. The largest absolute Gasteiger partial charge is 0.508 e. The van der Waals surface area contributed by atoms with Gasteiger partial charge in [-0.3, -0.25) is 19.2 Å². The van der Waals surface area contributed by atoms with E-state index >= 15 is 0 Å². The monoisotopic (exact) mass is 546 g/mol. The third-order valence-electron chi connectivity index (χ3n) is 5.90. The number of carboxylic acid groups (broad SMARTS) is 2. The lowest BCUT2D eigenvalue weighted by Gasteiger charge is -2.25. The molecule has 1 aromatic carbocycles. The Balaban J connectivity index is 2.30. The molecule has 1 heterocycles. The summed E-state index contributed by atoms with van der Waals surface area (Å²) in [5.41, 5.74) is 6.98. The molecule has 0 fully saturated rings. The zero-order valence-electron chi connectivity index (χ0n) is 21.6. The van der Waals surface area contributed by atoms with Gasteiger partial charge in [-0.25, -0.2) is 9.78 Å². The van der Waals surface area contributed by atoms with Gasteiger partial charge >= 0.3 is 11.9 Å². The van der Waals surface area contributed by atoms with Gasteiger partial charge in [-0.1, -0.05) is 26.0 Å². The Morgan fingerprint density at radius 3 is 1.97 bits per heavy atom. The predicted octanol–water partition coefficient (Wildman–Crippen LogP) is -0.712. The van der Waals surface area contributed by atoms with Gasteiger partial charge < -0.3 is 42.0 Å². The first-order chi connectivity index (χ1) is 18.4. The standard InChI is InChI=1S/C25H34N6O8/c1-13(2)21(26)24(37)31-19(10-15-11-27-12-28-15)23(36)30-18(9-14-3-5-16(32)6-4-14)22(35)29-17(25(38)39)7-8-20(33)34/h3-6,11-13,17-19,21,32H,7-10,26H2,1-2H3,(H,27,28)(H,29,35)(H,30,36)(H,31,37)(H,33,34)(H,38,39). The maximum absolute atomic E-state index is 13.4. The number of nitrogens with zero attached hydrogens (tertiary/aromatic N) is 1. The number of nitrogens with one attached hydrogen (secondary N) is 4. The molecule has 212 valence electrons. The molecule has 0 radical (unpaired) electrons. The van der Waals surface area contributed by atoms with Crippen molar-refractivity contribution in [1.29, 1.82) is 0 Å². The highest BCUT2D eigenvalue weighted by atomic mass is 16.4. The second kappa shape index (κ2) is 14.5. The van der Waals surface area contributed by atoms with Gasteiger partial charge in [0.15, 0.2) is 0 Å². The molecule has 14 nitrogen and oxygen atoms in total. The Labute approximate surface area is 224 Å². The minimum absolute atomic E-state index is 0.00764. The normalized spacial score (nSPS) is 14.1. The van der Waals surface area contributed by atoms with Gasteiger partial charge in [-0.05, 0) is 30.0 Å².